The van der Waals surface area contributed by atoms with Gasteiger partial charge in [-0.25, -0.2) is 9.18 Å². The highest BCUT2D eigenvalue weighted by atomic mass is 19.4. The third kappa shape index (κ3) is 2.83. The van der Waals surface area contributed by atoms with Crippen LogP contribution in [0.5, 0.6) is 0 Å². The van der Waals surface area contributed by atoms with Crippen molar-refractivity contribution in [2.45, 2.75) is 6.18 Å². The molecular weight excluding hydrogens is 216 g/mol. The monoisotopic (exact) mass is 222 g/mol. The van der Waals surface area contributed by atoms with E-state index >= 15 is 0 Å². The van der Waals surface area contributed by atoms with Gasteiger partial charge in [-0.3, -0.25) is 0 Å². The number of primary amides is 1. The van der Waals surface area contributed by atoms with E-state index in [2.05, 4.69) is 5.73 Å². The summed E-state index contributed by atoms with van der Waals surface area (Å²) in [6.45, 7) is 0. The highest BCUT2D eigenvalue weighted by Gasteiger charge is 2.34. The van der Waals surface area contributed by atoms with Crippen molar-refractivity contribution in [1.29, 1.82) is 0 Å². The van der Waals surface area contributed by atoms with Crippen LogP contribution in [0.2, 0.25) is 0 Å². The summed E-state index contributed by atoms with van der Waals surface area (Å²) in [7, 11) is 0. The Morgan fingerprint density at radius 3 is 2.40 bits per heavy atom. The Hall–Kier alpha value is -1.79. The van der Waals surface area contributed by atoms with Gasteiger partial charge < -0.3 is 11.1 Å². The van der Waals surface area contributed by atoms with E-state index in [1.807, 2.05) is 0 Å². The predicted octanol–water partition coefficient (Wildman–Crippen LogP) is 2.34. The van der Waals surface area contributed by atoms with E-state index in [4.69, 9.17) is 0 Å². The largest absolute Gasteiger partial charge is 0.418 e. The first-order valence-corrected chi connectivity index (χ1v) is 3.74. The number of rotatable bonds is 1. The van der Waals surface area contributed by atoms with Crippen LogP contribution in [0.15, 0.2) is 18.2 Å². The van der Waals surface area contributed by atoms with Crippen LogP contribution in [0, 0.1) is 5.82 Å². The van der Waals surface area contributed by atoms with Gasteiger partial charge in [0, 0.05) is 0 Å². The molecule has 0 atom stereocenters. The number of urea groups is 1. The van der Waals surface area contributed by atoms with Crippen LogP contribution in [0.3, 0.4) is 0 Å². The molecule has 82 valence electrons. The van der Waals surface area contributed by atoms with Crippen LogP contribution < -0.4 is 11.1 Å². The number of alkyl halides is 3. The highest BCUT2D eigenvalue weighted by molar-refractivity contribution is 5.88. The molecular formula is C8H6F4N2O. The van der Waals surface area contributed by atoms with Gasteiger partial charge in [-0.2, -0.15) is 13.2 Å². The van der Waals surface area contributed by atoms with E-state index in [-0.39, 0.29) is 6.07 Å². The number of nitrogens with one attached hydrogen (secondary N) is 1. The molecule has 0 aliphatic carbocycles. The van der Waals surface area contributed by atoms with Gasteiger partial charge in [-0.15, -0.1) is 0 Å². The molecule has 0 heterocycles. The van der Waals surface area contributed by atoms with Crippen LogP contribution in [-0.2, 0) is 6.18 Å². The van der Waals surface area contributed by atoms with Crippen LogP contribution in [0.4, 0.5) is 28.0 Å². The summed E-state index contributed by atoms with van der Waals surface area (Å²) >= 11 is 0. The van der Waals surface area contributed by atoms with Crippen molar-refractivity contribution in [3.05, 3.63) is 29.6 Å². The smallest absolute Gasteiger partial charge is 0.351 e. The molecule has 0 aliphatic rings. The molecule has 3 N–H and O–H groups in total. The molecule has 3 nitrogen and oxygen atoms in total. The fourth-order valence-corrected chi connectivity index (χ4v) is 0.993. The molecule has 0 aliphatic heterocycles. The van der Waals surface area contributed by atoms with E-state index in [1.165, 1.54) is 0 Å². The molecule has 0 saturated heterocycles. The van der Waals surface area contributed by atoms with E-state index in [1.54, 1.807) is 5.32 Å². The SMILES string of the molecule is NC(=O)Nc1ccc(F)cc1C(F)(F)F. The number of benzene rings is 1. The van der Waals surface area contributed by atoms with Crippen molar-refractivity contribution < 1.29 is 22.4 Å². The van der Waals surface area contributed by atoms with Crippen LogP contribution in [-0.4, -0.2) is 6.03 Å². The van der Waals surface area contributed by atoms with Crippen molar-refractivity contribution in [1.82, 2.24) is 0 Å². The predicted molar refractivity (Wildman–Crippen MR) is 44.6 cm³/mol. The quantitative estimate of drug-likeness (QED) is 0.704. The molecule has 1 aromatic rings. The average molecular weight is 222 g/mol. The summed E-state index contributed by atoms with van der Waals surface area (Å²) in [6.07, 6.45) is -4.75. The zero-order chi connectivity index (χ0) is 11.6. The van der Waals surface area contributed by atoms with Gasteiger partial charge in [0.2, 0.25) is 0 Å². The third-order valence-corrected chi connectivity index (χ3v) is 1.54. The van der Waals surface area contributed by atoms with Gasteiger partial charge in [-0.1, -0.05) is 0 Å². The maximum atomic E-state index is 12.6. The topological polar surface area (TPSA) is 55.1 Å². The van der Waals surface area contributed by atoms with E-state index < -0.39 is 29.3 Å². The third-order valence-electron chi connectivity index (χ3n) is 1.54. The molecule has 1 rings (SSSR count). The van der Waals surface area contributed by atoms with E-state index in [9.17, 15) is 22.4 Å². The lowest BCUT2D eigenvalue weighted by Gasteiger charge is -2.12. The second-order valence-corrected chi connectivity index (χ2v) is 2.68. The van der Waals surface area contributed by atoms with Crippen molar-refractivity contribution in [2.75, 3.05) is 5.32 Å². The zero-order valence-electron chi connectivity index (χ0n) is 7.23. The second kappa shape index (κ2) is 3.76. The summed E-state index contributed by atoms with van der Waals surface area (Å²) in [5, 5.41) is 1.76. The van der Waals surface area contributed by atoms with Crippen molar-refractivity contribution in [3.63, 3.8) is 0 Å². The van der Waals surface area contributed by atoms with Crippen LogP contribution in [0.25, 0.3) is 0 Å². The standard InChI is InChI=1S/C8H6F4N2O/c9-4-1-2-6(14-7(13)15)5(3-4)8(10,11)12/h1-3H,(H3,13,14,15). The minimum Gasteiger partial charge on any atom is -0.351 e. The van der Waals surface area contributed by atoms with Gasteiger partial charge >= 0.3 is 12.2 Å². The summed E-state index contributed by atoms with van der Waals surface area (Å²) < 4.78 is 49.5. The maximum absolute atomic E-state index is 12.6. The Balaban J connectivity index is 3.20. The minimum absolute atomic E-state index is 0.283. The normalized spacial score (nSPS) is 11.2. The molecule has 0 radical (unpaired) electrons. The fourth-order valence-electron chi connectivity index (χ4n) is 0.993. The lowest BCUT2D eigenvalue weighted by atomic mass is 10.1. The number of hydrogen-bond acceptors (Lipinski definition) is 1. The number of halogens is 4. The van der Waals surface area contributed by atoms with Gasteiger partial charge in [0.1, 0.15) is 5.82 Å². The lowest BCUT2D eigenvalue weighted by Crippen LogP contribution is -2.22. The van der Waals surface area contributed by atoms with Crippen LogP contribution >= 0.6 is 0 Å². The average Bonchev–Trinajstić information content (AvgIpc) is 2.05. The molecule has 1 aromatic carbocycles. The van der Waals surface area contributed by atoms with E-state index in [0.29, 0.717) is 0 Å². The molecule has 0 unspecified atom stereocenters. The Kier molecular flexibility index (Phi) is 2.83. The van der Waals surface area contributed by atoms with E-state index in [0.717, 1.165) is 12.1 Å². The molecule has 0 aromatic heterocycles. The number of anilines is 1. The van der Waals surface area contributed by atoms with Gasteiger partial charge in [0.15, 0.2) is 0 Å². The minimum atomic E-state index is -4.75. The molecule has 7 heteroatoms. The first-order chi connectivity index (χ1) is 6.80. The lowest BCUT2D eigenvalue weighted by molar-refractivity contribution is -0.137. The number of amides is 2. The Morgan fingerprint density at radius 2 is 1.93 bits per heavy atom. The molecule has 0 bridgehead atoms. The Labute approximate surface area is 81.9 Å². The van der Waals surface area contributed by atoms with Crippen molar-refractivity contribution in [2.24, 2.45) is 5.73 Å². The van der Waals surface area contributed by atoms with Crippen LogP contribution in [0.1, 0.15) is 5.56 Å². The maximum Gasteiger partial charge on any atom is 0.418 e. The zero-order valence-corrected chi connectivity index (χ0v) is 7.23. The number of hydrogen-bond donors (Lipinski definition) is 2. The second-order valence-electron chi connectivity index (χ2n) is 2.68. The number of carbonyl (C=O) groups is 1. The summed E-state index contributed by atoms with van der Waals surface area (Å²) in [4.78, 5) is 10.4. The van der Waals surface area contributed by atoms with Gasteiger partial charge in [-0.05, 0) is 18.2 Å². The van der Waals surface area contributed by atoms with Gasteiger partial charge in [0.25, 0.3) is 0 Å². The molecule has 15 heavy (non-hydrogen) atoms. The number of nitrogens with two attached hydrogens (primary N) is 1. The molecule has 0 fully saturated rings. The fraction of sp³-hybridized carbons (Fsp3) is 0.125. The Bertz CT molecular complexity index is 389. The first kappa shape index (κ1) is 11.3. The summed E-state index contributed by atoms with van der Waals surface area (Å²) in [6, 6.07) is 0.724. The number of carbonyl (C=O) groups excluding carboxylic acids is 1. The molecule has 2 amide bonds. The molecule has 0 saturated carbocycles. The van der Waals surface area contributed by atoms with Gasteiger partial charge in [0.05, 0.1) is 11.3 Å². The van der Waals surface area contributed by atoms with Crippen molar-refractivity contribution >= 4 is 11.7 Å². The summed E-state index contributed by atoms with van der Waals surface area (Å²) in [5.74, 6) is -1.04. The summed E-state index contributed by atoms with van der Waals surface area (Å²) in [5.41, 5.74) is 2.81. The molecule has 0 spiro atoms. The highest BCUT2D eigenvalue weighted by Crippen LogP contribution is 2.35. The first-order valence-electron chi connectivity index (χ1n) is 3.74. The van der Waals surface area contributed by atoms with Crippen molar-refractivity contribution in [3.8, 4) is 0 Å². The Morgan fingerprint density at radius 1 is 1.33 bits per heavy atom.